The molecule has 0 radical (unpaired) electrons. The van der Waals surface area contributed by atoms with Gasteiger partial charge in [-0.1, -0.05) is 0 Å². The molecule has 3 rings (SSSR count). The Morgan fingerprint density at radius 3 is 3.07 bits per heavy atom. The molecule has 2 nitrogen and oxygen atoms in total. The molecular formula is C11H11BrN2. The molecule has 0 saturated heterocycles. The average Bonchev–Trinajstić information content (AvgIpc) is 2.59. The minimum atomic E-state index is 1.07. The number of hydrogen-bond acceptors (Lipinski definition) is 1. The maximum absolute atomic E-state index is 4.67. The van der Waals surface area contributed by atoms with Crippen LogP contribution in [-0.2, 0) is 12.8 Å². The Hall–Kier alpha value is -0.830. The molecule has 0 unspecified atom stereocenters. The van der Waals surface area contributed by atoms with E-state index in [0.29, 0.717) is 0 Å². The Kier molecular flexibility index (Phi) is 1.87. The molecule has 72 valence electrons. The number of pyridine rings is 1. The number of aryl methyl sites for hydroxylation is 2. The first-order valence-corrected chi connectivity index (χ1v) is 5.80. The third-order valence-corrected chi connectivity index (χ3v) is 3.48. The van der Waals surface area contributed by atoms with Crippen LogP contribution < -0.4 is 0 Å². The van der Waals surface area contributed by atoms with Gasteiger partial charge in [0.25, 0.3) is 0 Å². The van der Waals surface area contributed by atoms with Gasteiger partial charge < -0.3 is 4.40 Å². The van der Waals surface area contributed by atoms with Gasteiger partial charge in [0.15, 0.2) is 5.65 Å². The van der Waals surface area contributed by atoms with Gasteiger partial charge in [-0.3, -0.25) is 0 Å². The highest BCUT2D eigenvalue weighted by atomic mass is 79.9. The SMILES string of the molecule is Brc1cccn2c3c(nc12)CCCC3. The first kappa shape index (κ1) is 8.48. The summed E-state index contributed by atoms with van der Waals surface area (Å²) >= 11 is 3.54. The van der Waals surface area contributed by atoms with Crippen LogP contribution >= 0.6 is 15.9 Å². The van der Waals surface area contributed by atoms with E-state index in [9.17, 15) is 0 Å². The summed E-state index contributed by atoms with van der Waals surface area (Å²) in [7, 11) is 0. The predicted octanol–water partition coefficient (Wildman–Crippen LogP) is 2.98. The van der Waals surface area contributed by atoms with Gasteiger partial charge in [0.05, 0.1) is 10.2 Å². The second-order valence-corrected chi connectivity index (χ2v) is 4.62. The molecule has 1 aliphatic carbocycles. The predicted molar refractivity (Wildman–Crippen MR) is 59.5 cm³/mol. The van der Waals surface area contributed by atoms with Crippen molar-refractivity contribution in [1.82, 2.24) is 9.38 Å². The fourth-order valence-electron chi connectivity index (χ4n) is 2.18. The number of hydrogen-bond donors (Lipinski definition) is 0. The van der Waals surface area contributed by atoms with E-state index in [4.69, 9.17) is 0 Å². The van der Waals surface area contributed by atoms with Gasteiger partial charge in [-0.25, -0.2) is 4.98 Å². The molecule has 0 aliphatic heterocycles. The van der Waals surface area contributed by atoms with Crippen LogP contribution in [0, 0.1) is 0 Å². The molecule has 3 heteroatoms. The lowest BCUT2D eigenvalue weighted by Crippen LogP contribution is -2.03. The topological polar surface area (TPSA) is 17.3 Å². The zero-order valence-electron chi connectivity index (χ0n) is 7.83. The number of aromatic nitrogens is 2. The highest BCUT2D eigenvalue weighted by Crippen LogP contribution is 2.25. The highest BCUT2D eigenvalue weighted by molar-refractivity contribution is 9.10. The van der Waals surface area contributed by atoms with Crippen molar-refractivity contribution >= 4 is 21.6 Å². The van der Waals surface area contributed by atoms with Gasteiger partial charge in [0.1, 0.15) is 0 Å². The minimum absolute atomic E-state index is 1.07. The molecule has 1 aliphatic rings. The van der Waals surface area contributed by atoms with E-state index >= 15 is 0 Å². The lowest BCUT2D eigenvalue weighted by molar-refractivity contribution is 0.660. The van der Waals surface area contributed by atoms with Gasteiger partial charge >= 0.3 is 0 Å². The Morgan fingerprint density at radius 1 is 1.29 bits per heavy atom. The Morgan fingerprint density at radius 2 is 2.14 bits per heavy atom. The zero-order chi connectivity index (χ0) is 9.54. The van der Waals surface area contributed by atoms with E-state index in [1.165, 1.54) is 30.7 Å². The van der Waals surface area contributed by atoms with Gasteiger partial charge in [-0.2, -0.15) is 0 Å². The molecule has 14 heavy (non-hydrogen) atoms. The molecule has 0 atom stereocenters. The fourth-order valence-corrected chi connectivity index (χ4v) is 2.61. The van der Waals surface area contributed by atoms with Crippen molar-refractivity contribution in [2.24, 2.45) is 0 Å². The van der Waals surface area contributed by atoms with Crippen molar-refractivity contribution in [3.63, 3.8) is 0 Å². The van der Waals surface area contributed by atoms with E-state index in [2.05, 4.69) is 37.6 Å². The number of nitrogens with zero attached hydrogens (tertiary/aromatic N) is 2. The van der Waals surface area contributed by atoms with Crippen molar-refractivity contribution in [3.05, 3.63) is 34.2 Å². The quantitative estimate of drug-likeness (QED) is 0.703. The van der Waals surface area contributed by atoms with Crippen LogP contribution in [-0.4, -0.2) is 9.38 Å². The Bertz CT molecular complexity index is 487. The molecule has 2 heterocycles. The summed E-state index contributed by atoms with van der Waals surface area (Å²) in [5, 5.41) is 0. The summed E-state index contributed by atoms with van der Waals surface area (Å²) in [5.41, 5.74) is 3.77. The summed E-state index contributed by atoms with van der Waals surface area (Å²) in [5.74, 6) is 0. The van der Waals surface area contributed by atoms with Gasteiger partial charge in [-0.15, -0.1) is 0 Å². The second kappa shape index (κ2) is 3.09. The van der Waals surface area contributed by atoms with E-state index in [1.807, 2.05) is 6.07 Å². The monoisotopic (exact) mass is 250 g/mol. The first-order valence-electron chi connectivity index (χ1n) is 5.00. The standard InChI is InChI=1S/C11H11BrN2/c12-8-4-3-7-14-10-6-2-1-5-9(10)13-11(8)14/h3-4,7H,1-2,5-6H2. The molecule has 0 bridgehead atoms. The van der Waals surface area contributed by atoms with Crippen molar-refractivity contribution in [1.29, 1.82) is 0 Å². The van der Waals surface area contributed by atoms with Gasteiger partial charge in [0.2, 0.25) is 0 Å². The zero-order valence-corrected chi connectivity index (χ0v) is 9.42. The molecule has 0 N–H and O–H groups in total. The normalized spacial score (nSPS) is 15.8. The van der Waals surface area contributed by atoms with Crippen LogP contribution in [0.5, 0.6) is 0 Å². The summed E-state index contributed by atoms with van der Waals surface area (Å²) in [6.07, 6.45) is 7.01. The lowest BCUT2D eigenvalue weighted by Gasteiger charge is -2.09. The van der Waals surface area contributed by atoms with Crippen molar-refractivity contribution < 1.29 is 0 Å². The van der Waals surface area contributed by atoms with E-state index in [1.54, 1.807) is 0 Å². The largest absolute Gasteiger partial charge is 0.303 e. The van der Waals surface area contributed by atoms with Crippen LogP contribution in [0.15, 0.2) is 22.8 Å². The molecular weight excluding hydrogens is 240 g/mol. The molecule has 0 saturated carbocycles. The summed E-state index contributed by atoms with van der Waals surface area (Å²) in [6.45, 7) is 0. The third kappa shape index (κ3) is 1.12. The van der Waals surface area contributed by atoms with Crippen LogP contribution in [0.1, 0.15) is 24.2 Å². The van der Waals surface area contributed by atoms with Crippen molar-refractivity contribution in [2.45, 2.75) is 25.7 Å². The van der Waals surface area contributed by atoms with Gasteiger partial charge in [-0.05, 0) is 53.7 Å². The van der Waals surface area contributed by atoms with Crippen LogP contribution in [0.3, 0.4) is 0 Å². The molecule has 2 aromatic rings. The summed E-state index contributed by atoms with van der Waals surface area (Å²) < 4.78 is 3.31. The average molecular weight is 251 g/mol. The molecule has 2 aromatic heterocycles. The van der Waals surface area contributed by atoms with Crippen molar-refractivity contribution in [2.75, 3.05) is 0 Å². The third-order valence-electron chi connectivity index (χ3n) is 2.86. The van der Waals surface area contributed by atoms with Crippen molar-refractivity contribution in [3.8, 4) is 0 Å². The van der Waals surface area contributed by atoms with Crippen LogP contribution in [0.25, 0.3) is 5.65 Å². The number of imidazole rings is 1. The van der Waals surface area contributed by atoms with E-state index in [0.717, 1.165) is 16.5 Å². The maximum atomic E-state index is 4.67. The fraction of sp³-hybridized carbons (Fsp3) is 0.364. The molecule has 0 spiro atoms. The van der Waals surface area contributed by atoms with E-state index in [-0.39, 0.29) is 0 Å². The molecule has 0 aromatic carbocycles. The number of halogens is 1. The summed E-state index contributed by atoms with van der Waals surface area (Å²) in [4.78, 5) is 4.67. The smallest absolute Gasteiger partial charge is 0.151 e. The molecule has 0 fully saturated rings. The van der Waals surface area contributed by atoms with E-state index < -0.39 is 0 Å². The number of fused-ring (bicyclic) bond motifs is 3. The summed E-state index contributed by atoms with van der Waals surface area (Å²) in [6, 6.07) is 4.11. The first-order chi connectivity index (χ1) is 6.86. The van der Waals surface area contributed by atoms with Crippen LogP contribution in [0.4, 0.5) is 0 Å². The Balaban J connectivity index is 2.36. The second-order valence-electron chi connectivity index (χ2n) is 3.76. The van der Waals surface area contributed by atoms with Crippen LogP contribution in [0.2, 0.25) is 0 Å². The highest BCUT2D eigenvalue weighted by Gasteiger charge is 2.16. The number of rotatable bonds is 0. The minimum Gasteiger partial charge on any atom is -0.303 e. The molecule has 0 amide bonds. The van der Waals surface area contributed by atoms with Gasteiger partial charge in [0, 0.05) is 11.9 Å². The Labute approximate surface area is 91.1 Å². The lowest BCUT2D eigenvalue weighted by atomic mass is 10.0. The maximum Gasteiger partial charge on any atom is 0.151 e.